The number of rotatable bonds is 7. The van der Waals surface area contributed by atoms with Crippen LogP contribution >= 0.6 is 23.2 Å². The summed E-state index contributed by atoms with van der Waals surface area (Å²) in [5.41, 5.74) is 0. The largest absolute Gasteiger partial charge is 0.127 e. The van der Waals surface area contributed by atoms with Gasteiger partial charge in [0, 0.05) is 11.8 Å². The SMILES string of the molecule is CC(CCl)CCCCCCCl. The number of hydrogen-bond donors (Lipinski definition) is 0. The standard InChI is InChI=1S/C9H18Cl2/c1-9(8-11)6-4-2-3-5-7-10/h9H,2-8H2,1H3. The van der Waals surface area contributed by atoms with Gasteiger partial charge in [-0.3, -0.25) is 0 Å². The maximum Gasteiger partial charge on any atom is 0.0249 e. The minimum absolute atomic E-state index is 0.688. The second-order valence-electron chi connectivity index (χ2n) is 3.15. The van der Waals surface area contributed by atoms with Crippen LogP contribution < -0.4 is 0 Å². The average Bonchev–Trinajstić information content (AvgIpc) is 2.04. The van der Waals surface area contributed by atoms with Crippen molar-refractivity contribution in [1.29, 1.82) is 0 Å². The predicted molar refractivity (Wildman–Crippen MR) is 53.7 cm³/mol. The fourth-order valence-electron chi connectivity index (χ4n) is 1.02. The van der Waals surface area contributed by atoms with Crippen LogP contribution in [0, 0.1) is 5.92 Å². The average molecular weight is 197 g/mol. The minimum Gasteiger partial charge on any atom is -0.127 e. The van der Waals surface area contributed by atoms with Gasteiger partial charge in [-0.15, -0.1) is 23.2 Å². The predicted octanol–water partition coefficient (Wildman–Crippen LogP) is 4.05. The molecule has 0 aliphatic carbocycles. The summed E-state index contributed by atoms with van der Waals surface area (Å²) in [6.45, 7) is 2.20. The first-order valence-corrected chi connectivity index (χ1v) is 5.50. The van der Waals surface area contributed by atoms with Gasteiger partial charge in [0.2, 0.25) is 0 Å². The molecule has 0 saturated heterocycles. The topological polar surface area (TPSA) is 0 Å². The Balaban J connectivity index is 2.89. The zero-order chi connectivity index (χ0) is 8.53. The Morgan fingerprint density at radius 1 is 1.00 bits per heavy atom. The van der Waals surface area contributed by atoms with E-state index < -0.39 is 0 Å². The highest BCUT2D eigenvalue weighted by Crippen LogP contribution is 2.11. The number of halogens is 2. The minimum atomic E-state index is 0.688. The third kappa shape index (κ3) is 8.49. The summed E-state index contributed by atoms with van der Waals surface area (Å²) in [5.74, 6) is 2.30. The van der Waals surface area contributed by atoms with Gasteiger partial charge in [-0.1, -0.05) is 26.2 Å². The molecule has 0 amide bonds. The highest BCUT2D eigenvalue weighted by atomic mass is 35.5. The molecule has 2 heteroatoms. The summed E-state index contributed by atoms with van der Waals surface area (Å²) in [6, 6.07) is 0. The van der Waals surface area contributed by atoms with E-state index in [0.29, 0.717) is 5.92 Å². The van der Waals surface area contributed by atoms with Gasteiger partial charge in [-0.05, 0) is 18.8 Å². The van der Waals surface area contributed by atoms with Crippen molar-refractivity contribution in [2.45, 2.75) is 39.0 Å². The fraction of sp³-hybridized carbons (Fsp3) is 1.00. The summed E-state index contributed by atoms with van der Waals surface area (Å²) < 4.78 is 0. The molecular formula is C9H18Cl2. The second-order valence-corrected chi connectivity index (χ2v) is 3.84. The van der Waals surface area contributed by atoms with Crippen molar-refractivity contribution >= 4 is 23.2 Å². The van der Waals surface area contributed by atoms with Gasteiger partial charge in [-0.2, -0.15) is 0 Å². The first-order valence-electron chi connectivity index (χ1n) is 4.43. The van der Waals surface area contributed by atoms with Crippen LogP contribution in [0.4, 0.5) is 0 Å². The van der Waals surface area contributed by atoms with Gasteiger partial charge < -0.3 is 0 Å². The van der Waals surface area contributed by atoms with Crippen molar-refractivity contribution in [3.8, 4) is 0 Å². The Kier molecular flexibility index (Phi) is 9.13. The van der Waals surface area contributed by atoms with Crippen LogP contribution in [0.2, 0.25) is 0 Å². The fourth-order valence-corrected chi connectivity index (χ4v) is 1.36. The van der Waals surface area contributed by atoms with E-state index in [2.05, 4.69) is 6.92 Å². The van der Waals surface area contributed by atoms with Crippen molar-refractivity contribution in [3.63, 3.8) is 0 Å². The molecule has 0 radical (unpaired) electrons. The van der Waals surface area contributed by atoms with Crippen LogP contribution in [-0.2, 0) is 0 Å². The first-order chi connectivity index (χ1) is 5.31. The lowest BCUT2D eigenvalue weighted by Crippen LogP contribution is -1.95. The summed E-state index contributed by atoms with van der Waals surface area (Å²) in [7, 11) is 0. The molecule has 0 aromatic carbocycles. The van der Waals surface area contributed by atoms with Crippen molar-refractivity contribution in [2.24, 2.45) is 5.92 Å². The molecule has 0 aliphatic heterocycles. The van der Waals surface area contributed by atoms with Gasteiger partial charge in [-0.25, -0.2) is 0 Å². The van der Waals surface area contributed by atoms with Crippen LogP contribution in [0.15, 0.2) is 0 Å². The lowest BCUT2D eigenvalue weighted by Gasteiger charge is -2.05. The lowest BCUT2D eigenvalue weighted by atomic mass is 10.0. The molecule has 0 heterocycles. The highest BCUT2D eigenvalue weighted by molar-refractivity contribution is 6.18. The van der Waals surface area contributed by atoms with Gasteiger partial charge in [0.05, 0.1) is 0 Å². The molecule has 0 aromatic heterocycles. The Morgan fingerprint density at radius 3 is 2.18 bits per heavy atom. The number of hydrogen-bond acceptors (Lipinski definition) is 0. The monoisotopic (exact) mass is 196 g/mol. The van der Waals surface area contributed by atoms with E-state index in [0.717, 1.165) is 18.2 Å². The van der Waals surface area contributed by atoms with Gasteiger partial charge in [0.25, 0.3) is 0 Å². The third-order valence-corrected chi connectivity index (χ3v) is 2.64. The Morgan fingerprint density at radius 2 is 1.64 bits per heavy atom. The molecule has 1 unspecified atom stereocenters. The number of unbranched alkanes of at least 4 members (excludes halogenated alkanes) is 3. The normalized spacial score (nSPS) is 13.4. The Bertz CT molecular complexity index is 74.0. The smallest absolute Gasteiger partial charge is 0.0249 e. The number of alkyl halides is 2. The Labute approximate surface area is 80.3 Å². The van der Waals surface area contributed by atoms with Crippen molar-refractivity contribution < 1.29 is 0 Å². The van der Waals surface area contributed by atoms with E-state index >= 15 is 0 Å². The molecule has 1 atom stereocenters. The maximum atomic E-state index is 5.67. The first kappa shape index (κ1) is 11.6. The molecule has 11 heavy (non-hydrogen) atoms. The third-order valence-electron chi connectivity index (χ3n) is 1.84. The van der Waals surface area contributed by atoms with E-state index in [1.54, 1.807) is 0 Å². The van der Waals surface area contributed by atoms with Crippen molar-refractivity contribution in [3.05, 3.63) is 0 Å². The summed E-state index contributed by atoms with van der Waals surface area (Å²) in [6.07, 6.45) is 6.33. The van der Waals surface area contributed by atoms with Crippen molar-refractivity contribution in [2.75, 3.05) is 11.8 Å². The lowest BCUT2D eigenvalue weighted by molar-refractivity contribution is 0.529. The molecule has 0 saturated carbocycles. The van der Waals surface area contributed by atoms with E-state index in [4.69, 9.17) is 23.2 Å². The van der Waals surface area contributed by atoms with Gasteiger partial charge in [0.15, 0.2) is 0 Å². The zero-order valence-corrected chi connectivity index (χ0v) is 8.79. The second kappa shape index (κ2) is 8.67. The highest BCUT2D eigenvalue weighted by Gasteiger charge is 1.98. The molecule has 0 rings (SSSR count). The van der Waals surface area contributed by atoms with E-state index in [9.17, 15) is 0 Å². The van der Waals surface area contributed by atoms with Gasteiger partial charge >= 0.3 is 0 Å². The molecule has 0 aliphatic rings. The van der Waals surface area contributed by atoms with Crippen LogP contribution in [0.5, 0.6) is 0 Å². The van der Waals surface area contributed by atoms with E-state index in [1.165, 1.54) is 25.7 Å². The molecule has 0 N–H and O–H groups in total. The molecule has 68 valence electrons. The van der Waals surface area contributed by atoms with Crippen LogP contribution in [0.25, 0.3) is 0 Å². The van der Waals surface area contributed by atoms with Crippen LogP contribution in [0.1, 0.15) is 39.0 Å². The summed E-state index contributed by atoms with van der Waals surface area (Å²) in [4.78, 5) is 0. The Hall–Kier alpha value is 0.580. The maximum absolute atomic E-state index is 5.67. The van der Waals surface area contributed by atoms with Crippen LogP contribution in [0.3, 0.4) is 0 Å². The van der Waals surface area contributed by atoms with Gasteiger partial charge in [0.1, 0.15) is 0 Å². The summed E-state index contributed by atoms with van der Waals surface area (Å²) >= 11 is 11.2. The summed E-state index contributed by atoms with van der Waals surface area (Å²) in [5, 5.41) is 0. The molecule has 0 aromatic rings. The quantitative estimate of drug-likeness (QED) is 0.426. The molecule has 0 spiro atoms. The molecular weight excluding hydrogens is 179 g/mol. The molecule has 0 bridgehead atoms. The molecule has 0 nitrogen and oxygen atoms in total. The zero-order valence-electron chi connectivity index (χ0n) is 7.28. The van der Waals surface area contributed by atoms with E-state index in [1.807, 2.05) is 0 Å². The van der Waals surface area contributed by atoms with Crippen molar-refractivity contribution in [1.82, 2.24) is 0 Å². The van der Waals surface area contributed by atoms with Crippen LogP contribution in [-0.4, -0.2) is 11.8 Å². The van der Waals surface area contributed by atoms with E-state index in [-0.39, 0.29) is 0 Å². The molecule has 0 fully saturated rings.